The first-order valence-corrected chi connectivity index (χ1v) is 7.45. The van der Waals surface area contributed by atoms with Crippen molar-refractivity contribution in [1.82, 2.24) is 10.2 Å². The van der Waals surface area contributed by atoms with E-state index in [1.807, 2.05) is 13.0 Å². The average Bonchev–Trinajstić information content (AvgIpc) is 2.43. The van der Waals surface area contributed by atoms with Crippen LogP contribution in [-0.4, -0.2) is 36.8 Å². The molecule has 0 heterocycles. The zero-order valence-corrected chi connectivity index (χ0v) is 13.0. The van der Waals surface area contributed by atoms with Crippen LogP contribution < -0.4 is 5.32 Å². The minimum Gasteiger partial charge on any atom is -0.306 e. The van der Waals surface area contributed by atoms with E-state index in [1.165, 1.54) is 0 Å². The Bertz CT molecular complexity index is 388. The normalized spacial score (nSPS) is 15.2. The zero-order valence-electron chi connectivity index (χ0n) is 13.0. The van der Waals surface area contributed by atoms with Crippen LogP contribution in [0, 0.1) is 0 Å². The average molecular weight is 302 g/mol. The maximum absolute atomic E-state index is 12.8. The summed E-state index contributed by atoms with van der Waals surface area (Å²) in [6.45, 7) is 8.59. The summed E-state index contributed by atoms with van der Waals surface area (Å²) >= 11 is 0. The Labute approximate surface area is 125 Å². The van der Waals surface area contributed by atoms with Crippen LogP contribution in [0.2, 0.25) is 0 Å². The number of alkyl halides is 3. The topological polar surface area (TPSA) is 15.3 Å². The van der Waals surface area contributed by atoms with E-state index < -0.39 is 18.6 Å². The van der Waals surface area contributed by atoms with Crippen LogP contribution in [0.25, 0.3) is 0 Å². The van der Waals surface area contributed by atoms with Gasteiger partial charge in [0.15, 0.2) is 0 Å². The third kappa shape index (κ3) is 6.96. The molecular formula is C16H25F3N2. The van der Waals surface area contributed by atoms with Crippen molar-refractivity contribution < 1.29 is 13.2 Å². The largest absolute Gasteiger partial charge is 0.390 e. The van der Waals surface area contributed by atoms with Gasteiger partial charge in [-0.1, -0.05) is 44.2 Å². The van der Waals surface area contributed by atoms with E-state index in [2.05, 4.69) is 24.1 Å². The maximum Gasteiger partial charge on any atom is 0.390 e. The van der Waals surface area contributed by atoms with Gasteiger partial charge in [-0.25, -0.2) is 0 Å². The second-order valence-corrected chi connectivity index (χ2v) is 5.34. The number of hydrogen-bond acceptors (Lipinski definition) is 2. The van der Waals surface area contributed by atoms with E-state index in [9.17, 15) is 13.2 Å². The smallest absolute Gasteiger partial charge is 0.306 e. The van der Waals surface area contributed by atoms with Crippen molar-refractivity contribution in [3.63, 3.8) is 0 Å². The van der Waals surface area contributed by atoms with Crippen molar-refractivity contribution in [3.8, 4) is 0 Å². The predicted molar refractivity (Wildman–Crippen MR) is 80.2 cm³/mol. The van der Waals surface area contributed by atoms with Gasteiger partial charge in [-0.05, 0) is 25.6 Å². The van der Waals surface area contributed by atoms with Gasteiger partial charge < -0.3 is 10.2 Å². The van der Waals surface area contributed by atoms with Gasteiger partial charge in [-0.15, -0.1) is 0 Å². The quantitative estimate of drug-likeness (QED) is 0.781. The summed E-state index contributed by atoms with van der Waals surface area (Å²) in [6.07, 6.45) is -5.03. The van der Waals surface area contributed by atoms with Crippen molar-refractivity contribution in [2.24, 2.45) is 0 Å². The Balaban J connectivity index is 2.73. The first kappa shape index (κ1) is 18.0. The lowest BCUT2D eigenvalue weighted by Crippen LogP contribution is -2.41. The summed E-state index contributed by atoms with van der Waals surface area (Å²) < 4.78 is 38.4. The molecule has 0 fully saturated rings. The number of rotatable bonds is 8. The second-order valence-electron chi connectivity index (χ2n) is 5.34. The van der Waals surface area contributed by atoms with Crippen LogP contribution in [0.1, 0.15) is 38.8 Å². The Morgan fingerprint density at radius 2 is 1.67 bits per heavy atom. The van der Waals surface area contributed by atoms with E-state index in [0.717, 1.165) is 19.6 Å². The summed E-state index contributed by atoms with van der Waals surface area (Å²) in [4.78, 5) is 2.20. The van der Waals surface area contributed by atoms with Gasteiger partial charge in [0.25, 0.3) is 0 Å². The highest BCUT2D eigenvalue weighted by Gasteiger charge is 2.33. The van der Waals surface area contributed by atoms with Crippen LogP contribution in [0.15, 0.2) is 30.3 Å². The molecule has 5 heteroatoms. The molecule has 0 aliphatic rings. The van der Waals surface area contributed by atoms with Gasteiger partial charge in [-0.3, -0.25) is 0 Å². The Morgan fingerprint density at radius 1 is 1.10 bits per heavy atom. The summed E-state index contributed by atoms with van der Waals surface area (Å²) in [5, 5.41) is 3.13. The Hall–Kier alpha value is -1.07. The van der Waals surface area contributed by atoms with E-state index in [-0.39, 0.29) is 6.04 Å². The predicted octanol–water partition coefficient (Wildman–Crippen LogP) is 4.00. The summed E-state index contributed by atoms with van der Waals surface area (Å²) in [7, 11) is 0. The molecule has 1 aromatic rings. The van der Waals surface area contributed by atoms with Gasteiger partial charge in [0.2, 0.25) is 0 Å². The third-order valence-electron chi connectivity index (χ3n) is 3.55. The van der Waals surface area contributed by atoms with E-state index in [0.29, 0.717) is 5.56 Å². The van der Waals surface area contributed by atoms with E-state index in [4.69, 9.17) is 0 Å². The second kappa shape index (κ2) is 8.39. The molecule has 0 spiro atoms. The standard InChI is InChI=1S/C16H25F3N2/c1-4-21(5-2)12-13(3)20-15(11-16(17,18)19)14-9-7-6-8-10-14/h6-10,13,15,20H,4-5,11-12H2,1-3H3. The number of benzene rings is 1. The highest BCUT2D eigenvalue weighted by molar-refractivity contribution is 5.19. The van der Waals surface area contributed by atoms with Crippen LogP contribution in [0.3, 0.4) is 0 Å². The van der Waals surface area contributed by atoms with E-state index >= 15 is 0 Å². The number of nitrogens with one attached hydrogen (secondary N) is 1. The fraction of sp³-hybridized carbons (Fsp3) is 0.625. The highest BCUT2D eigenvalue weighted by Crippen LogP contribution is 2.29. The molecule has 1 rings (SSSR count). The van der Waals surface area contributed by atoms with E-state index in [1.54, 1.807) is 24.3 Å². The van der Waals surface area contributed by atoms with Crippen LogP contribution in [0.4, 0.5) is 13.2 Å². The van der Waals surface area contributed by atoms with Gasteiger partial charge >= 0.3 is 6.18 Å². The number of halogens is 3. The molecule has 1 aromatic carbocycles. The van der Waals surface area contributed by atoms with Crippen molar-refractivity contribution in [3.05, 3.63) is 35.9 Å². The van der Waals surface area contributed by atoms with Crippen LogP contribution in [0.5, 0.6) is 0 Å². The summed E-state index contributed by atoms with van der Waals surface area (Å²) in [6, 6.07) is 8.15. The lowest BCUT2D eigenvalue weighted by Gasteiger charge is -2.28. The first-order chi connectivity index (χ1) is 9.85. The minimum absolute atomic E-state index is 0.00236. The molecule has 0 saturated carbocycles. The molecule has 21 heavy (non-hydrogen) atoms. The van der Waals surface area contributed by atoms with Crippen molar-refractivity contribution in [2.75, 3.05) is 19.6 Å². The fourth-order valence-electron chi connectivity index (χ4n) is 2.46. The lowest BCUT2D eigenvalue weighted by atomic mass is 10.0. The van der Waals surface area contributed by atoms with Crippen molar-refractivity contribution >= 4 is 0 Å². The monoisotopic (exact) mass is 302 g/mol. The SMILES string of the molecule is CCN(CC)CC(C)NC(CC(F)(F)F)c1ccccc1. The first-order valence-electron chi connectivity index (χ1n) is 7.45. The summed E-state index contributed by atoms with van der Waals surface area (Å²) in [5.41, 5.74) is 0.682. The number of likely N-dealkylation sites (N-methyl/N-ethyl adjacent to an activating group) is 1. The van der Waals surface area contributed by atoms with Gasteiger partial charge in [0.05, 0.1) is 6.42 Å². The lowest BCUT2D eigenvalue weighted by molar-refractivity contribution is -0.140. The molecule has 0 amide bonds. The third-order valence-corrected chi connectivity index (χ3v) is 3.55. The Morgan fingerprint density at radius 3 is 2.14 bits per heavy atom. The Kier molecular flexibility index (Phi) is 7.18. The highest BCUT2D eigenvalue weighted by atomic mass is 19.4. The minimum atomic E-state index is -4.18. The van der Waals surface area contributed by atoms with Gasteiger partial charge in [-0.2, -0.15) is 13.2 Å². The molecule has 0 aliphatic heterocycles. The molecule has 1 N–H and O–H groups in total. The molecule has 2 atom stereocenters. The molecule has 0 saturated heterocycles. The maximum atomic E-state index is 12.8. The fourth-order valence-corrected chi connectivity index (χ4v) is 2.46. The molecular weight excluding hydrogens is 277 g/mol. The van der Waals surface area contributed by atoms with Crippen molar-refractivity contribution in [2.45, 2.75) is 45.5 Å². The van der Waals surface area contributed by atoms with Gasteiger partial charge in [0, 0.05) is 18.6 Å². The molecule has 0 aromatic heterocycles. The van der Waals surface area contributed by atoms with Crippen LogP contribution >= 0.6 is 0 Å². The molecule has 0 aliphatic carbocycles. The molecule has 0 bridgehead atoms. The molecule has 2 unspecified atom stereocenters. The molecule has 0 radical (unpaired) electrons. The van der Waals surface area contributed by atoms with Crippen molar-refractivity contribution in [1.29, 1.82) is 0 Å². The molecule has 2 nitrogen and oxygen atoms in total. The molecule has 120 valence electrons. The van der Waals surface area contributed by atoms with Crippen LogP contribution in [-0.2, 0) is 0 Å². The van der Waals surface area contributed by atoms with Gasteiger partial charge in [0.1, 0.15) is 0 Å². The number of hydrogen-bond donors (Lipinski definition) is 1. The number of nitrogens with zero attached hydrogens (tertiary/aromatic N) is 1. The zero-order chi connectivity index (χ0) is 15.9. The summed E-state index contributed by atoms with van der Waals surface area (Å²) in [5.74, 6) is 0.